The number of nitrogens with zero attached hydrogens (tertiary/aromatic N) is 1. The van der Waals surface area contributed by atoms with Crippen LogP contribution in [-0.2, 0) is 13.0 Å². The van der Waals surface area contributed by atoms with E-state index in [4.69, 9.17) is 16.5 Å². The maximum atomic E-state index is 6.28. The molecule has 2 aromatic rings. The highest BCUT2D eigenvalue weighted by Gasteiger charge is 2.12. The Morgan fingerprint density at radius 3 is 2.43 bits per heavy atom. The lowest BCUT2D eigenvalue weighted by atomic mass is 10.0. The van der Waals surface area contributed by atoms with Gasteiger partial charge in [0.1, 0.15) is 12.4 Å². The van der Waals surface area contributed by atoms with Gasteiger partial charge in [-0.25, -0.2) is 0 Å². The lowest BCUT2D eigenvalue weighted by molar-refractivity contribution is 0.306. The smallest absolute Gasteiger partial charge is 0.119 e. The van der Waals surface area contributed by atoms with Crippen LogP contribution in [0.3, 0.4) is 0 Å². The first-order valence-electron chi connectivity index (χ1n) is 7.77. The molecule has 0 radical (unpaired) electrons. The Morgan fingerprint density at radius 1 is 1.00 bits per heavy atom. The number of hydrogen-bond donors (Lipinski definition) is 0. The van der Waals surface area contributed by atoms with Gasteiger partial charge >= 0.3 is 0 Å². The summed E-state index contributed by atoms with van der Waals surface area (Å²) < 4.78 is 7.61. The van der Waals surface area contributed by atoms with Gasteiger partial charge in [0.2, 0.25) is 0 Å². The van der Waals surface area contributed by atoms with E-state index in [1.54, 1.807) is 4.42 Å². The SMILES string of the molecule is CC1=C(Cc2ccc(OCc3ccccc3)cc2)N(Cl)CC=C1. The second-order valence-electron chi connectivity index (χ2n) is 5.67. The number of rotatable bonds is 5. The molecule has 118 valence electrons. The van der Waals surface area contributed by atoms with E-state index in [9.17, 15) is 0 Å². The molecular formula is C20H20ClNO. The molecule has 0 aromatic heterocycles. The predicted molar refractivity (Wildman–Crippen MR) is 95.3 cm³/mol. The fourth-order valence-corrected chi connectivity index (χ4v) is 2.86. The Morgan fingerprint density at radius 2 is 1.74 bits per heavy atom. The van der Waals surface area contributed by atoms with Gasteiger partial charge in [-0.3, -0.25) is 4.42 Å². The van der Waals surface area contributed by atoms with Crippen LogP contribution >= 0.6 is 11.8 Å². The van der Waals surface area contributed by atoms with Crippen molar-refractivity contribution < 1.29 is 4.74 Å². The van der Waals surface area contributed by atoms with Gasteiger partial charge < -0.3 is 4.74 Å². The van der Waals surface area contributed by atoms with Gasteiger partial charge in [-0.05, 0) is 35.8 Å². The highest BCUT2D eigenvalue weighted by atomic mass is 35.5. The molecule has 3 rings (SSSR count). The van der Waals surface area contributed by atoms with Crippen LogP contribution in [0.25, 0.3) is 0 Å². The molecule has 0 bridgehead atoms. The van der Waals surface area contributed by atoms with Gasteiger partial charge in [0.25, 0.3) is 0 Å². The highest BCUT2D eigenvalue weighted by Crippen LogP contribution is 2.24. The van der Waals surface area contributed by atoms with Crippen LogP contribution in [0.2, 0.25) is 0 Å². The average molecular weight is 326 g/mol. The molecule has 0 amide bonds. The molecule has 0 N–H and O–H groups in total. The van der Waals surface area contributed by atoms with Gasteiger partial charge in [-0.1, -0.05) is 54.6 Å². The van der Waals surface area contributed by atoms with Gasteiger partial charge in [-0.15, -0.1) is 0 Å². The highest BCUT2D eigenvalue weighted by molar-refractivity contribution is 6.14. The zero-order valence-electron chi connectivity index (χ0n) is 13.2. The number of ether oxygens (including phenoxy) is 1. The first kappa shape index (κ1) is 15.7. The van der Waals surface area contributed by atoms with Crippen LogP contribution in [0.15, 0.2) is 78.0 Å². The monoisotopic (exact) mass is 325 g/mol. The van der Waals surface area contributed by atoms with Gasteiger partial charge in [-0.2, -0.15) is 0 Å². The lowest BCUT2D eigenvalue weighted by Crippen LogP contribution is -2.17. The van der Waals surface area contributed by atoms with Crippen LogP contribution in [0.1, 0.15) is 18.1 Å². The van der Waals surface area contributed by atoms with Gasteiger partial charge in [0.05, 0.1) is 6.54 Å². The fourth-order valence-electron chi connectivity index (χ4n) is 2.58. The van der Waals surface area contributed by atoms with Crippen LogP contribution < -0.4 is 4.74 Å². The minimum atomic E-state index is 0.588. The van der Waals surface area contributed by atoms with Crippen LogP contribution in [0.4, 0.5) is 0 Å². The molecule has 0 saturated carbocycles. The second-order valence-corrected chi connectivity index (χ2v) is 6.08. The molecule has 0 unspecified atom stereocenters. The number of halogens is 1. The van der Waals surface area contributed by atoms with Crippen molar-refractivity contribution in [3.05, 3.63) is 89.1 Å². The summed E-state index contributed by atoms with van der Waals surface area (Å²) >= 11 is 6.28. The third kappa shape index (κ3) is 4.17. The summed E-state index contributed by atoms with van der Waals surface area (Å²) in [5, 5.41) is 0. The molecule has 23 heavy (non-hydrogen) atoms. The number of benzene rings is 2. The normalized spacial score (nSPS) is 14.3. The largest absolute Gasteiger partial charge is 0.489 e. The molecule has 2 nitrogen and oxygen atoms in total. The van der Waals surface area contributed by atoms with Crippen molar-refractivity contribution in [3.63, 3.8) is 0 Å². The first-order chi connectivity index (χ1) is 11.2. The molecule has 0 atom stereocenters. The third-order valence-corrected chi connectivity index (χ3v) is 4.27. The topological polar surface area (TPSA) is 12.5 Å². The second kappa shape index (κ2) is 7.38. The summed E-state index contributed by atoms with van der Waals surface area (Å²) in [6.45, 7) is 3.44. The Hall–Kier alpha value is -2.19. The number of allylic oxidation sites excluding steroid dienone is 3. The van der Waals surface area contributed by atoms with Crippen molar-refractivity contribution in [2.75, 3.05) is 6.54 Å². The standard InChI is InChI=1S/C20H20ClNO/c1-16-6-5-13-22(21)20(16)14-17-9-11-19(12-10-17)23-15-18-7-3-2-4-8-18/h2-12H,13-15H2,1H3. The van der Waals surface area contributed by atoms with Crippen molar-refractivity contribution >= 4 is 11.8 Å². The van der Waals surface area contributed by atoms with Crippen molar-refractivity contribution in [2.24, 2.45) is 0 Å². The van der Waals surface area contributed by atoms with E-state index >= 15 is 0 Å². The van der Waals surface area contributed by atoms with E-state index in [1.807, 2.05) is 30.3 Å². The van der Waals surface area contributed by atoms with Crippen LogP contribution in [-0.4, -0.2) is 11.0 Å². The zero-order chi connectivity index (χ0) is 16.1. The van der Waals surface area contributed by atoms with E-state index in [0.29, 0.717) is 6.61 Å². The molecule has 3 heteroatoms. The molecule has 0 spiro atoms. The Bertz CT molecular complexity index is 704. The summed E-state index contributed by atoms with van der Waals surface area (Å²) in [6.07, 6.45) is 5.04. The summed E-state index contributed by atoms with van der Waals surface area (Å²) in [5.41, 5.74) is 4.78. The summed E-state index contributed by atoms with van der Waals surface area (Å²) in [4.78, 5) is 0. The first-order valence-corrected chi connectivity index (χ1v) is 8.11. The maximum Gasteiger partial charge on any atom is 0.119 e. The van der Waals surface area contributed by atoms with E-state index < -0.39 is 0 Å². The zero-order valence-corrected chi connectivity index (χ0v) is 14.0. The quantitative estimate of drug-likeness (QED) is 0.708. The Labute approximate surface area is 142 Å². The molecule has 0 saturated heterocycles. The van der Waals surface area contributed by atoms with E-state index in [2.05, 4.69) is 43.3 Å². The van der Waals surface area contributed by atoms with Crippen molar-refractivity contribution in [2.45, 2.75) is 20.0 Å². The number of hydrogen-bond acceptors (Lipinski definition) is 2. The fraction of sp³-hybridized carbons (Fsp3) is 0.200. The predicted octanol–water partition coefficient (Wildman–Crippen LogP) is 5.11. The summed E-state index contributed by atoms with van der Waals surface area (Å²) in [6, 6.07) is 18.4. The van der Waals surface area contributed by atoms with Gasteiger partial charge in [0, 0.05) is 23.9 Å². The minimum Gasteiger partial charge on any atom is -0.489 e. The van der Waals surface area contributed by atoms with Crippen molar-refractivity contribution in [3.8, 4) is 5.75 Å². The summed E-state index contributed by atoms with van der Waals surface area (Å²) in [7, 11) is 0. The van der Waals surface area contributed by atoms with Crippen LogP contribution in [0.5, 0.6) is 5.75 Å². The molecule has 1 aliphatic rings. The van der Waals surface area contributed by atoms with Gasteiger partial charge in [0.15, 0.2) is 0 Å². The molecule has 1 aliphatic heterocycles. The molecule has 2 aromatic carbocycles. The average Bonchev–Trinajstić information content (AvgIpc) is 2.58. The van der Waals surface area contributed by atoms with E-state index in [-0.39, 0.29) is 0 Å². The summed E-state index contributed by atoms with van der Waals surface area (Å²) in [5.74, 6) is 0.884. The Balaban J connectivity index is 1.62. The Kier molecular flexibility index (Phi) is 5.04. The molecular weight excluding hydrogens is 306 g/mol. The molecule has 1 heterocycles. The van der Waals surface area contributed by atoms with Crippen molar-refractivity contribution in [1.82, 2.24) is 4.42 Å². The molecule has 0 aliphatic carbocycles. The van der Waals surface area contributed by atoms with Crippen molar-refractivity contribution in [1.29, 1.82) is 0 Å². The maximum absolute atomic E-state index is 6.28. The lowest BCUT2D eigenvalue weighted by Gasteiger charge is -2.23. The van der Waals surface area contributed by atoms with Crippen LogP contribution in [0, 0.1) is 0 Å². The van der Waals surface area contributed by atoms with E-state index in [1.165, 1.54) is 16.7 Å². The third-order valence-electron chi connectivity index (χ3n) is 3.92. The van der Waals surface area contributed by atoms with E-state index in [0.717, 1.165) is 24.4 Å². The minimum absolute atomic E-state index is 0.588. The molecule has 0 fully saturated rings.